The van der Waals surface area contributed by atoms with E-state index >= 15 is 0 Å². The molecule has 14 heavy (non-hydrogen) atoms. The highest BCUT2D eigenvalue weighted by atomic mass is 16.3. The molecule has 0 aromatic carbocycles. The summed E-state index contributed by atoms with van der Waals surface area (Å²) in [6.45, 7) is 2.14. The third kappa shape index (κ3) is 1.70. The SMILES string of the molecule is C[C@@H]1C[C@@H](c2ccco2)C[C@@H](O)N1C. The van der Waals surface area contributed by atoms with Gasteiger partial charge in [-0.25, -0.2) is 0 Å². The number of likely N-dealkylation sites (tertiary alicyclic amines) is 1. The molecular weight excluding hydrogens is 178 g/mol. The lowest BCUT2D eigenvalue weighted by Crippen LogP contribution is -2.44. The highest BCUT2D eigenvalue weighted by Crippen LogP contribution is 2.33. The second-order valence-electron chi connectivity index (χ2n) is 4.18. The number of hydrogen-bond acceptors (Lipinski definition) is 3. The van der Waals surface area contributed by atoms with Crippen molar-refractivity contribution < 1.29 is 9.52 Å². The van der Waals surface area contributed by atoms with Gasteiger partial charge in [0.05, 0.1) is 6.26 Å². The Morgan fingerprint density at radius 2 is 2.29 bits per heavy atom. The first-order valence-electron chi connectivity index (χ1n) is 5.12. The van der Waals surface area contributed by atoms with Gasteiger partial charge in [-0.1, -0.05) is 0 Å². The fourth-order valence-corrected chi connectivity index (χ4v) is 2.14. The van der Waals surface area contributed by atoms with Gasteiger partial charge in [-0.3, -0.25) is 4.90 Å². The van der Waals surface area contributed by atoms with E-state index in [1.165, 1.54) is 0 Å². The summed E-state index contributed by atoms with van der Waals surface area (Å²) in [5, 5.41) is 9.80. The first kappa shape index (κ1) is 9.74. The number of furan rings is 1. The van der Waals surface area contributed by atoms with Crippen LogP contribution in [0.4, 0.5) is 0 Å². The van der Waals surface area contributed by atoms with Gasteiger partial charge in [-0.2, -0.15) is 0 Å². The maximum absolute atomic E-state index is 9.80. The molecule has 0 aliphatic carbocycles. The molecule has 1 fully saturated rings. The van der Waals surface area contributed by atoms with Crippen molar-refractivity contribution in [1.82, 2.24) is 4.90 Å². The summed E-state index contributed by atoms with van der Waals surface area (Å²) in [7, 11) is 1.97. The van der Waals surface area contributed by atoms with Crippen molar-refractivity contribution >= 4 is 0 Å². The Morgan fingerprint density at radius 3 is 2.86 bits per heavy atom. The van der Waals surface area contributed by atoms with Crippen molar-refractivity contribution in [1.29, 1.82) is 0 Å². The third-order valence-corrected chi connectivity index (χ3v) is 3.23. The fraction of sp³-hybridized carbons (Fsp3) is 0.636. The summed E-state index contributed by atoms with van der Waals surface area (Å²) in [6.07, 6.45) is 3.19. The van der Waals surface area contributed by atoms with Crippen LogP contribution >= 0.6 is 0 Å². The first-order chi connectivity index (χ1) is 6.68. The predicted octanol–water partition coefficient (Wildman–Crippen LogP) is 1.80. The van der Waals surface area contributed by atoms with E-state index in [4.69, 9.17) is 4.42 Å². The number of nitrogens with zero attached hydrogens (tertiary/aromatic N) is 1. The molecule has 1 aliphatic rings. The van der Waals surface area contributed by atoms with Crippen molar-refractivity contribution in [3.63, 3.8) is 0 Å². The van der Waals surface area contributed by atoms with Crippen molar-refractivity contribution in [2.45, 2.75) is 38.0 Å². The molecule has 0 saturated carbocycles. The molecule has 0 bridgehead atoms. The van der Waals surface area contributed by atoms with Gasteiger partial charge >= 0.3 is 0 Å². The largest absolute Gasteiger partial charge is 0.469 e. The van der Waals surface area contributed by atoms with Gasteiger partial charge in [0.25, 0.3) is 0 Å². The lowest BCUT2D eigenvalue weighted by atomic mass is 9.89. The van der Waals surface area contributed by atoms with Crippen molar-refractivity contribution in [2.24, 2.45) is 0 Å². The number of aliphatic hydroxyl groups is 1. The Hall–Kier alpha value is -0.800. The zero-order valence-corrected chi connectivity index (χ0v) is 8.68. The zero-order chi connectivity index (χ0) is 10.1. The number of hydrogen-bond donors (Lipinski definition) is 1. The average Bonchev–Trinajstić information content (AvgIpc) is 2.66. The monoisotopic (exact) mass is 195 g/mol. The van der Waals surface area contributed by atoms with Gasteiger partial charge in [0.1, 0.15) is 12.0 Å². The maximum atomic E-state index is 9.80. The molecule has 1 aliphatic heterocycles. The smallest absolute Gasteiger partial charge is 0.108 e. The van der Waals surface area contributed by atoms with Gasteiger partial charge in [-0.15, -0.1) is 0 Å². The van der Waals surface area contributed by atoms with Crippen LogP contribution < -0.4 is 0 Å². The summed E-state index contributed by atoms with van der Waals surface area (Å²) in [6, 6.07) is 4.31. The van der Waals surface area contributed by atoms with Crippen LogP contribution in [0.25, 0.3) is 0 Å². The molecule has 1 aromatic heterocycles. The molecule has 0 amide bonds. The Balaban J connectivity index is 2.10. The van der Waals surface area contributed by atoms with Gasteiger partial charge in [0.2, 0.25) is 0 Å². The Morgan fingerprint density at radius 1 is 1.50 bits per heavy atom. The lowest BCUT2D eigenvalue weighted by Gasteiger charge is -2.38. The Bertz CT molecular complexity index is 271. The molecule has 2 rings (SSSR count). The normalized spacial score (nSPS) is 34.6. The van der Waals surface area contributed by atoms with E-state index in [0.29, 0.717) is 12.0 Å². The topological polar surface area (TPSA) is 36.6 Å². The molecule has 0 radical (unpaired) electrons. The van der Waals surface area contributed by atoms with Crippen LogP contribution in [0.15, 0.2) is 22.8 Å². The Kier molecular flexibility index (Phi) is 2.61. The highest BCUT2D eigenvalue weighted by molar-refractivity contribution is 5.07. The minimum Gasteiger partial charge on any atom is -0.469 e. The third-order valence-electron chi connectivity index (χ3n) is 3.23. The fourth-order valence-electron chi connectivity index (χ4n) is 2.14. The van der Waals surface area contributed by atoms with Crippen molar-refractivity contribution in [3.05, 3.63) is 24.2 Å². The average molecular weight is 195 g/mol. The van der Waals surface area contributed by atoms with Gasteiger partial charge in [-0.05, 0) is 38.9 Å². The molecule has 1 saturated heterocycles. The van der Waals surface area contributed by atoms with E-state index < -0.39 is 0 Å². The second kappa shape index (κ2) is 3.75. The van der Waals surface area contributed by atoms with Crippen LogP contribution in [0.5, 0.6) is 0 Å². The molecule has 3 atom stereocenters. The van der Waals surface area contributed by atoms with Crippen molar-refractivity contribution in [3.8, 4) is 0 Å². The summed E-state index contributed by atoms with van der Waals surface area (Å²) >= 11 is 0. The van der Waals surface area contributed by atoms with E-state index in [-0.39, 0.29) is 6.23 Å². The quantitative estimate of drug-likeness (QED) is 0.742. The van der Waals surface area contributed by atoms with Crippen LogP contribution in [0.2, 0.25) is 0 Å². The van der Waals surface area contributed by atoms with E-state index in [0.717, 1.165) is 18.6 Å². The summed E-state index contributed by atoms with van der Waals surface area (Å²) in [5.74, 6) is 1.37. The molecule has 3 heteroatoms. The van der Waals surface area contributed by atoms with E-state index in [9.17, 15) is 5.11 Å². The van der Waals surface area contributed by atoms with E-state index in [1.54, 1.807) is 6.26 Å². The molecule has 1 aromatic rings. The van der Waals surface area contributed by atoms with E-state index in [1.807, 2.05) is 24.1 Å². The predicted molar refractivity (Wildman–Crippen MR) is 53.9 cm³/mol. The molecule has 0 unspecified atom stereocenters. The highest BCUT2D eigenvalue weighted by Gasteiger charge is 2.31. The molecule has 78 valence electrons. The summed E-state index contributed by atoms with van der Waals surface area (Å²) in [5.41, 5.74) is 0. The number of rotatable bonds is 1. The van der Waals surface area contributed by atoms with Crippen molar-refractivity contribution in [2.75, 3.05) is 7.05 Å². The van der Waals surface area contributed by atoms with Crippen LogP contribution in [-0.2, 0) is 0 Å². The minimum atomic E-state index is -0.339. The molecule has 3 nitrogen and oxygen atoms in total. The maximum Gasteiger partial charge on any atom is 0.108 e. The van der Waals surface area contributed by atoms with Gasteiger partial charge in [0, 0.05) is 12.0 Å². The number of aliphatic hydroxyl groups excluding tert-OH is 1. The Labute approximate surface area is 84.3 Å². The second-order valence-corrected chi connectivity index (χ2v) is 4.18. The number of piperidine rings is 1. The van der Waals surface area contributed by atoms with Gasteiger partial charge < -0.3 is 9.52 Å². The summed E-state index contributed by atoms with van der Waals surface area (Å²) in [4.78, 5) is 2.01. The molecule has 2 heterocycles. The zero-order valence-electron chi connectivity index (χ0n) is 8.68. The van der Waals surface area contributed by atoms with Crippen LogP contribution in [-0.4, -0.2) is 29.3 Å². The molecule has 0 spiro atoms. The van der Waals surface area contributed by atoms with Crippen LogP contribution in [0, 0.1) is 0 Å². The van der Waals surface area contributed by atoms with Crippen LogP contribution in [0.3, 0.4) is 0 Å². The van der Waals surface area contributed by atoms with Gasteiger partial charge in [0.15, 0.2) is 0 Å². The van der Waals surface area contributed by atoms with Crippen LogP contribution in [0.1, 0.15) is 31.4 Å². The lowest BCUT2D eigenvalue weighted by molar-refractivity contribution is -0.0433. The molecular formula is C11H17NO2. The standard InChI is InChI=1S/C11H17NO2/c1-8-6-9(7-11(13)12(8)2)10-4-3-5-14-10/h3-5,8-9,11,13H,6-7H2,1-2H3/t8-,9-,11-/m1/s1. The van der Waals surface area contributed by atoms with E-state index in [2.05, 4.69) is 6.92 Å². The minimum absolute atomic E-state index is 0.339. The molecule has 1 N–H and O–H groups in total. The summed E-state index contributed by atoms with van der Waals surface area (Å²) < 4.78 is 5.38. The first-order valence-corrected chi connectivity index (χ1v) is 5.12.